The highest BCUT2D eigenvalue weighted by molar-refractivity contribution is 5.84. The second-order valence-corrected chi connectivity index (χ2v) is 7.95. The van der Waals surface area contributed by atoms with Crippen molar-refractivity contribution in [3.8, 4) is 0 Å². The summed E-state index contributed by atoms with van der Waals surface area (Å²) in [7, 11) is 0. The van der Waals surface area contributed by atoms with E-state index in [1.54, 1.807) is 16.7 Å². The van der Waals surface area contributed by atoms with Crippen LogP contribution in [-0.2, 0) is 14.4 Å². The molecule has 1 unspecified atom stereocenters. The van der Waals surface area contributed by atoms with Gasteiger partial charge in [-0.25, -0.2) is 8.78 Å². The lowest BCUT2D eigenvalue weighted by atomic mass is 9.66. The molecule has 8 heteroatoms. The van der Waals surface area contributed by atoms with Gasteiger partial charge in [0.15, 0.2) is 0 Å². The van der Waals surface area contributed by atoms with E-state index >= 15 is 0 Å². The van der Waals surface area contributed by atoms with Gasteiger partial charge < -0.3 is 15.1 Å². The zero-order valence-corrected chi connectivity index (χ0v) is 16.5. The van der Waals surface area contributed by atoms with E-state index in [1.165, 1.54) is 0 Å². The molecule has 1 aliphatic heterocycles. The van der Waals surface area contributed by atoms with Crippen molar-refractivity contribution in [1.82, 2.24) is 15.1 Å². The Kier molecular flexibility index (Phi) is 6.81. The molecule has 27 heavy (non-hydrogen) atoms. The summed E-state index contributed by atoms with van der Waals surface area (Å²) >= 11 is 0. The third-order valence-corrected chi connectivity index (χ3v) is 5.53. The summed E-state index contributed by atoms with van der Waals surface area (Å²) < 4.78 is 26.4. The maximum Gasteiger partial charge on any atom is 0.250 e. The number of nitrogens with zero attached hydrogens (tertiary/aromatic N) is 2. The molecule has 0 aromatic carbocycles. The van der Waals surface area contributed by atoms with Crippen LogP contribution < -0.4 is 5.32 Å². The van der Waals surface area contributed by atoms with Crippen molar-refractivity contribution in [3.05, 3.63) is 0 Å². The van der Waals surface area contributed by atoms with Crippen LogP contribution in [0.2, 0.25) is 0 Å². The molecule has 6 nitrogen and oxygen atoms in total. The molecular weight excluding hydrogens is 356 g/mol. The zero-order chi connectivity index (χ0) is 20.2. The number of likely N-dealkylation sites (N-methyl/N-ethyl adjacent to an activating group) is 1. The Bertz CT molecular complexity index is 575. The molecule has 1 aliphatic carbocycles. The van der Waals surface area contributed by atoms with Crippen LogP contribution >= 0.6 is 0 Å². The molecule has 0 bridgehead atoms. The summed E-state index contributed by atoms with van der Waals surface area (Å²) in [6.45, 7) is 7.33. The fourth-order valence-corrected chi connectivity index (χ4v) is 4.27. The minimum absolute atomic E-state index is 0.0255. The number of alkyl halides is 2. The number of carbonyl (C=O) groups excluding carboxylic acids is 3. The van der Waals surface area contributed by atoms with Crippen LogP contribution in [0.1, 0.15) is 59.3 Å². The Balaban J connectivity index is 1.83. The Morgan fingerprint density at radius 2 is 1.85 bits per heavy atom. The van der Waals surface area contributed by atoms with Gasteiger partial charge in [-0.1, -0.05) is 6.92 Å². The van der Waals surface area contributed by atoms with Crippen LogP contribution in [0.5, 0.6) is 0 Å². The van der Waals surface area contributed by atoms with Gasteiger partial charge in [0.25, 0.3) is 0 Å². The summed E-state index contributed by atoms with van der Waals surface area (Å²) in [6, 6.07) is -0.0832. The lowest BCUT2D eigenvalue weighted by molar-refractivity contribution is -0.182. The minimum atomic E-state index is -2.74. The van der Waals surface area contributed by atoms with E-state index in [1.807, 2.05) is 13.8 Å². The van der Waals surface area contributed by atoms with Crippen LogP contribution in [0.4, 0.5) is 8.78 Å². The zero-order valence-electron chi connectivity index (χ0n) is 16.5. The number of nitrogens with one attached hydrogen (secondary N) is 1. The fourth-order valence-electron chi connectivity index (χ4n) is 4.27. The topological polar surface area (TPSA) is 69.7 Å². The predicted octanol–water partition coefficient (Wildman–Crippen LogP) is 2.18. The van der Waals surface area contributed by atoms with Crippen molar-refractivity contribution in [3.63, 3.8) is 0 Å². The van der Waals surface area contributed by atoms with Gasteiger partial charge in [0, 0.05) is 51.9 Å². The van der Waals surface area contributed by atoms with Gasteiger partial charge in [0.1, 0.15) is 0 Å². The van der Waals surface area contributed by atoms with Crippen molar-refractivity contribution >= 4 is 17.7 Å². The van der Waals surface area contributed by atoms with E-state index in [0.717, 1.165) is 0 Å². The van der Waals surface area contributed by atoms with Crippen molar-refractivity contribution in [2.75, 3.05) is 26.2 Å². The van der Waals surface area contributed by atoms with Crippen LogP contribution in [0, 0.1) is 5.41 Å². The Hall–Kier alpha value is -1.73. The smallest absolute Gasteiger partial charge is 0.250 e. The molecule has 1 saturated carbocycles. The monoisotopic (exact) mass is 387 g/mol. The predicted molar refractivity (Wildman–Crippen MR) is 97.2 cm³/mol. The van der Waals surface area contributed by atoms with Gasteiger partial charge in [-0.15, -0.1) is 0 Å². The van der Waals surface area contributed by atoms with Crippen LogP contribution in [0.25, 0.3) is 0 Å². The second-order valence-electron chi connectivity index (χ2n) is 7.95. The van der Waals surface area contributed by atoms with Gasteiger partial charge >= 0.3 is 0 Å². The number of carbonyl (C=O) groups is 3. The lowest BCUT2D eigenvalue weighted by Crippen LogP contribution is -2.54. The molecule has 0 radical (unpaired) electrons. The van der Waals surface area contributed by atoms with Gasteiger partial charge in [0.2, 0.25) is 23.6 Å². The normalized spacial score (nSPS) is 22.9. The van der Waals surface area contributed by atoms with Crippen molar-refractivity contribution in [1.29, 1.82) is 0 Å². The number of rotatable bonds is 8. The second kappa shape index (κ2) is 8.52. The number of likely N-dealkylation sites (tertiary alicyclic amines) is 1. The molecule has 1 atom stereocenters. The van der Waals surface area contributed by atoms with Crippen molar-refractivity contribution in [2.24, 2.45) is 5.41 Å². The quantitative estimate of drug-likeness (QED) is 0.694. The largest absolute Gasteiger partial charge is 0.356 e. The lowest BCUT2D eigenvalue weighted by Gasteiger charge is -2.45. The molecule has 1 saturated heterocycles. The van der Waals surface area contributed by atoms with Gasteiger partial charge in [-0.05, 0) is 26.7 Å². The fraction of sp³-hybridized carbons (Fsp3) is 0.842. The molecule has 2 rings (SSSR count). The average molecular weight is 387 g/mol. The molecule has 0 aromatic rings. The van der Waals surface area contributed by atoms with Crippen LogP contribution in [0.15, 0.2) is 0 Å². The molecule has 0 aromatic heterocycles. The molecule has 2 fully saturated rings. The Morgan fingerprint density at radius 3 is 2.41 bits per heavy atom. The summed E-state index contributed by atoms with van der Waals surface area (Å²) in [4.78, 5) is 40.0. The summed E-state index contributed by atoms with van der Waals surface area (Å²) in [5.74, 6) is -3.05. The van der Waals surface area contributed by atoms with Crippen LogP contribution in [-0.4, -0.2) is 65.7 Å². The molecule has 154 valence electrons. The van der Waals surface area contributed by atoms with E-state index < -0.39 is 24.2 Å². The van der Waals surface area contributed by atoms with E-state index in [9.17, 15) is 23.2 Å². The number of amides is 3. The maximum absolute atomic E-state index is 13.2. The number of hydrogen-bond acceptors (Lipinski definition) is 3. The summed E-state index contributed by atoms with van der Waals surface area (Å²) in [5, 5.41) is 2.71. The highest BCUT2D eigenvalue weighted by atomic mass is 19.3. The highest BCUT2D eigenvalue weighted by Crippen LogP contribution is 2.52. The first kappa shape index (κ1) is 21.6. The van der Waals surface area contributed by atoms with Crippen LogP contribution in [0.3, 0.4) is 0 Å². The van der Waals surface area contributed by atoms with Gasteiger partial charge in [0.05, 0.1) is 11.5 Å². The number of hydrogen-bond donors (Lipinski definition) is 1. The highest BCUT2D eigenvalue weighted by Gasteiger charge is 2.59. The average Bonchev–Trinajstić information content (AvgIpc) is 3.02. The molecule has 3 amide bonds. The van der Waals surface area contributed by atoms with E-state index in [4.69, 9.17) is 0 Å². The first-order valence-electron chi connectivity index (χ1n) is 9.85. The van der Waals surface area contributed by atoms with Gasteiger partial charge in [-0.3, -0.25) is 14.4 Å². The molecule has 2 aliphatic rings. The third kappa shape index (κ3) is 5.17. The van der Waals surface area contributed by atoms with E-state index in [0.29, 0.717) is 51.9 Å². The SMILES string of the molecule is CCNC(=O)CCCC(=O)N(CC)C1CCN(C(=O)C2(C)CC(F)(F)C2)C1. The van der Waals surface area contributed by atoms with E-state index in [2.05, 4.69) is 5.32 Å². The number of halogens is 2. The first-order chi connectivity index (χ1) is 12.6. The van der Waals surface area contributed by atoms with Crippen molar-refractivity contribution < 1.29 is 23.2 Å². The first-order valence-corrected chi connectivity index (χ1v) is 9.85. The van der Waals surface area contributed by atoms with Crippen molar-refractivity contribution in [2.45, 2.75) is 71.3 Å². The Labute approximate surface area is 159 Å². The summed E-state index contributed by atoms with van der Waals surface area (Å²) in [5.41, 5.74) is -0.980. The molecule has 1 heterocycles. The molecule has 1 N–H and O–H groups in total. The Morgan fingerprint density at radius 1 is 1.19 bits per heavy atom. The molecule has 0 spiro atoms. The third-order valence-electron chi connectivity index (χ3n) is 5.53. The van der Waals surface area contributed by atoms with Gasteiger partial charge in [-0.2, -0.15) is 0 Å². The standard InChI is InChI=1S/C19H31F2N3O3/c1-4-22-15(25)7-6-8-16(26)24(5-2)14-9-10-23(11-14)17(27)18(3)12-19(20,21)13-18/h14H,4-13H2,1-3H3,(H,22,25). The maximum atomic E-state index is 13.2. The summed E-state index contributed by atoms with van der Waals surface area (Å²) in [6.07, 6.45) is 0.975. The van der Waals surface area contributed by atoms with E-state index in [-0.39, 0.29) is 23.8 Å². The molecular formula is C19H31F2N3O3. The minimum Gasteiger partial charge on any atom is -0.356 e.